The molecule has 25 heavy (non-hydrogen) atoms. The SMILES string of the molecule is COCCN1CCCC1CNC(=O)/C=C/c1ccc(OC)cc1OC. The molecule has 1 heterocycles. The molecule has 0 bridgehead atoms. The van der Waals surface area contributed by atoms with Crippen LogP contribution in [0.5, 0.6) is 11.5 Å². The Morgan fingerprint density at radius 3 is 2.88 bits per heavy atom. The summed E-state index contributed by atoms with van der Waals surface area (Å²) in [6.45, 7) is 3.37. The quantitative estimate of drug-likeness (QED) is 0.691. The summed E-state index contributed by atoms with van der Waals surface area (Å²) in [5.41, 5.74) is 0.834. The Morgan fingerprint density at radius 2 is 2.16 bits per heavy atom. The van der Waals surface area contributed by atoms with Gasteiger partial charge in [-0.2, -0.15) is 0 Å². The van der Waals surface area contributed by atoms with E-state index in [1.165, 1.54) is 6.42 Å². The van der Waals surface area contributed by atoms with Gasteiger partial charge in [0.2, 0.25) is 5.91 Å². The lowest BCUT2D eigenvalue weighted by Gasteiger charge is -2.24. The molecule has 1 unspecified atom stereocenters. The van der Waals surface area contributed by atoms with E-state index in [2.05, 4.69) is 10.2 Å². The van der Waals surface area contributed by atoms with Crippen LogP contribution in [0.2, 0.25) is 0 Å². The molecule has 0 spiro atoms. The normalized spacial score (nSPS) is 17.8. The second-order valence-electron chi connectivity index (χ2n) is 6.01. The highest BCUT2D eigenvalue weighted by molar-refractivity contribution is 5.92. The third kappa shape index (κ3) is 5.76. The molecule has 0 radical (unpaired) electrons. The highest BCUT2D eigenvalue weighted by Crippen LogP contribution is 2.25. The molecule has 1 saturated heterocycles. The van der Waals surface area contributed by atoms with E-state index in [1.54, 1.807) is 39.5 Å². The number of nitrogens with one attached hydrogen (secondary N) is 1. The Kier molecular flexibility index (Phi) is 7.76. The van der Waals surface area contributed by atoms with E-state index in [0.717, 1.165) is 37.4 Å². The molecule has 1 aliphatic heterocycles. The summed E-state index contributed by atoms with van der Waals surface area (Å²) in [6, 6.07) is 5.89. The molecule has 2 rings (SSSR count). The summed E-state index contributed by atoms with van der Waals surface area (Å²) < 4.78 is 15.6. The number of ether oxygens (including phenoxy) is 3. The monoisotopic (exact) mass is 348 g/mol. The Hall–Kier alpha value is -2.05. The molecule has 0 saturated carbocycles. The number of carbonyl (C=O) groups excluding carboxylic acids is 1. The highest BCUT2D eigenvalue weighted by Gasteiger charge is 2.23. The second kappa shape index (κ2) is 10.1. The number of hydrogen-bond acceptors (Lipinski definition) is 5. The van der Waals surface area contributed by atoms with Crippen molar-refractivity contribution in [1.29, 1.82) is 0 Å². The second-order valence-corrected chi connectivity index (χ2v) is 6.01. The number of nitrogens with zero attached hydrogens (tertiary/aromatic N) is 1. The number of rotatable bonds is 9. The molecule has 6 nitrogen and oxygen atoms in total. The zero-order chi connectivity index (χ0) is 18.1. The number of hydrogen-bond donors (Lipinski definition) is 1. The standard InChI is InChI=1S/C19H28N2O4/c1-23-12-11-21-10-4-5-16(21)14-20-19(22)9-7-15-6-8-17(24-2)13-18(15)25-3/h6-9,13,16H,4-5,10-12,14H2,1-3H3,(H,20,22)/b9-7+. The fourth-order valence-electron chi connectivity index (χ4n) is 3.03. The van der Waals surface area contributed by atoms with Gasteiger partial charge in [0, 0.05) is 43.9 Å². The van der Waals surface area contributed by atoms with Crippen molar-refractivity contribution in [3.63, 3.8) is 0 Å². The molecular weight excluding hydrogens is 320 g/mol. The molecule has 6 heteroatoms. The average Bonchev–Trinajstić information content (AvgIpc) is 3.10. The van der Waals surface area contributed by atoms with Crippen molar-refractivity contribution in [1.82, 2.24) is 10.2 Å². The maximum atomic E-state index is 12.1. The largest absolute Gasteiger partial charge is 0.497 e. The van der Waals surface area contributed by atoms with Gasteiger partial charge in [0.1, 0.15) is 11.5 Å². The van der Waals surface area contributed by atoms with Gasteiger partial charge in [0.05, 0.1) is 20.8 Å². The van der Waals surface area contributed by atoms with Crippen LogP contribution in [0.3, 0.4) is 0 Å². The fourth-order valence-corrected chi connectivity index (χ4v) is 3.03. The summed E-state index contributed by atoms with van der Waals surface area (Å²) >= 11 is 0. The van der Waals surface area contributed by atoms with Crippen molar-refractivity contribution in [2.45, 2.75) is 18.9 Å². The maximum Gasteiger partial charge on any atom is 0.244 e. The third-order valence-corrected chi connectivity index (χ3v) is 4.45. The first-order chi connectivity index (χ1) is 12.2. The number of methoxy groups -OCH3 is 3. The molecule has 1 atom stereocenters. The van der Waals surface area contributed by atoms with Crippen molar-refractivity contribution in [2.75, 3.05) is 47.6 Å². The number of amides is 1. The lowest BCUT2D eigenvalue weighted by Crippen LogP contribution is -2.41. The molecule has 0 aromatic heterocycles. The number of likely N-dealkylation sites (tertiary alicyclic amines) is 1. The van der Waals surface area contributed by atoms with Crippen LogP contribution in [0.25, 0.3) is 6.08 Å². The van der Waals surface area contributed by atoms with Crippen molar-refractivity contribution >= 4 is 12.0 Å². The highest BCUT2D eigenvalue weighted by atomic mass is 16.5. The van der Waals surface area contributed by atoms with Gasteiger partial charge in [0.15, 0.2) is 0 Å². The summed E-state index contributed by atoms with van der Waals surface area (Å²) in [4.78, 5) is 14.5. The van der Waals surface area contributed by atoms with Gasteiger partial charge in [-0.05, 0) is 37.6 Å². The molecule has 1 fully saturated rings. The van der Waals surface area contributed by atoms with Crippen LogP contribution in [0.4, 0.5) is 0 Å². The van der Waals surface area contributed by atoms with Gasteiger partial charge in [-0.15, -0.1) is 0 Å². The molecule has 1 N–H and O–H groups in total. The Labute approximate surface area is 149 Å². The molecule has 0 aliphatic carbocycles. The van der Waals surface area contributed by atoms with Crippen LogP contribution in [-0.4, -0.2) is 64.4 Å². The summed E-state index contributed by atoms with van der Waals surface area (Å²) in [5, 5.41) is 2.99. The zero-order valence-corrected chi connectivity index (χ0v) is 15.3. The first-order valence-corrected chi connectivity index (χ1v) is 8.59. The van der Waals surface area contributed by atoms with Gasteiger partial charge in [-0.25, -0.2) is 0 Å². The Morgan fingerprint density at radius 1 is 1.32 bits per heavy atom. The van der Waals surface area contributed by atoms with E-state index in [4.69, 9.17) is 14.2 Å². The molecular formula is C19H28N2O4. The van der Waals surface area contributed by atoms with E-state index in [9.17, 15) is 4.79 Å². The van der Waals surface area contributed by atoms with Crippen LogP contribution >= 0.6 is 0 Å². The predicted molar refractivity (Wildman–Crippen MR) is 98.1 cm³/mol. The lowest BCUT2D eigenvalue weighted by molar-refractivity contribution is -0.116. The lowest BCUT2D eigenvalue weighted by atomic mass is 10.1. The zero-order valence-electron chi connectivity index (χ0n) is 15.3. The van der Waals surface area contributed by atoms with Gasteiger partial charge in [-0.3, -0.25) is 9.69 Å². The van der Waals surface area contributed by atoms with E-state index < -0.39 is 0 Å². The summed E-state index contributed by atoms with van der Waals surface area (Å²) in [7, 11) is 4.92. The van der Waals surface area contributed by atoms with Crippen LogP contribution in [-0.2, 0) is 9.53 Å². The van der Waals surface area contributed by atoms with Crippen LogP contribution in [0, 0.1) is 0 Å². The van der Waals surface area contributed by atoms with Crippen molar-refractivity contribution < 1.29 is 19.0 Å². The molecule has 1 amide bonds. The van der Waals surface area contributed by atoms with E-state index >= 15 is 0 Å². The Bertz CT molecular complexity index is 589. The molecule has 1 aliphatic rings. The first-order valence-electron chi connectivity index (χ1n) is 8.59. The maximum absolute atomic E-state index is 12.1. The van der Waals surface area contributed by atoms with Gasteiger partial charge < -0.3 is 19.5 Å². The Balaban J connectivity index is 1.86. The van der Waals surface area contributed by atoms with Gasteiger partial charge in [-0.1, -0.05) is 0 Å². The van der Waals surface area contributed by atoms with Crippen LogP contribution in [0.1, 0.15) is 18.4 Å². The minimum atomic E-state index is -0.100. The van der Waals surface area contributed by atoms with E-state index in [1.807, 2.05) is 12.1 Å². The number of benzene rings is 1. The minimum absolute atomic E-state index is 0.100. The van der Waals surface area contributed by atoms with Gasteiger partial charge >= 0.3 is 0 Å². The fraction of sp³-hybridized carbons (Fsp3) is 0.526. The summed E-state index contributed by atoms with van der Waals surface area (Å²) in [6.07, 6.45) is 5.58. The van der Waals surface area contributed by atoms with Crippen LogP contribution in [0.15, 0.2) is 24.3 Å². The predicted octanol–water partition coefficient (Wildman–Crippen LogP) is 1.94. The topological polar surface area (TPSA) is 60.0 Å². The summed E-state index contributed by atoms with van der Waals surface area (Å²) in [5.74, 6) is 1.29. The first kappa shape index (κ1) is 19.3. The van der Waals surface area contributed by atoms with Crippen molar-refractivity contribution in [3.8, 4) is 11.5 Å². The van der Waals surface area contributed by atoms with Crippen LogP contribution < -0.4 is 14.8 Å². The number of carbonyl (C=O) groups is 1. The molecule has 138 valence electrons. The smallest absolute Gasteiger partial charge is 0.244 e. The third-order valence-electron chi connectivity index (χ3n) is 4.45. The van der Waals surface area contributed by atoms with E-state index in [-0.39, 0.29) is 5.91 Å². The van der Waals surface area contributed by atoms with Crippen molar-refractivity contribution in [2.24, 2.45) is 0 Å². The minimum Gasteiger partial charge on any atom is -0.497 e. The molecule has 1 aromatic rings. The molecule has 1 aromatic carbocycles. The van der Waals surface area contributed by atoms with E-state index in [0.29, 0.717) is 18.3 Å². The van der Waals surface area contributed by atoms with Crippen molar-refractivity contribution in [3.05, 3.63) is 29.8 Å². The average molecular weight is 348 g/mol. The van der Waals surface area contributed by atoms with Gasteiger partial charge in [0.25, 0.3) is 0 Å².